The first kappa shape index (κ1) is 19.6. The van der Waals surface area contributed by atoms with Crippen LogP contribution in [0.25, 0.3) is 0 Å². The van der Waals surface area contributed by atoms with Crippen LogP contribution in [0.5, 0.6) is 0 Å². The molecule has 0 unspecified atom stereocenters. The van der Waals surface area contributed by atoms with Gasteiger partial charge in [-0.15, -0.1) is 0 Å². The summed E-state index contributed by atoms with van der Waals surface area (Å²) in [5.74, 6) is 0.582. The number of halogens is 1. The Hall–Kier alpha value is 0.287. The first-order chi connectivity index (χ1) is 10.3. The van der Waals surface area contributed by atoms with Gasteiger partial charge >= 0.3 is 0 Å². The number of fused-ring (bicyclic) bond motifs is 2. The van der Waals surface area contributed by atoms with E-state index in [0.29, 0.717) is 12.3 Å². The second-order valence-corrected chi connectivity index (χ2v) is 14.7. The molecule has 1 N–H and O–H groups in total. The number of carbonyl (C=O) groups is 1. The SMILES string of the molecule is CC[C@H](O)[C@@H](Br)C(=O)[C@@]1(O[Si](C)(C)C)C[C@H]2CC[C@]1(C)C2(C)C. The van der Waals surface area contributed by atoms with E-state index in [9.17, 15) is 9.90 Å². The van der Waals surface area contributed by atoms with E-state index in [-0.39, 0.29) is 16.6 Å². The number of alkyl halides is 1. The molecule has 2 saturated carbocycles. The predicted molar refractivity (Wildman–Crippen MR) is 100 cm³/mol. The molecule has 3 nitrogen and oxygen atoms in total. The zero-order valence-electron chi connectivity index (χ0n) is 15.7. The van der Waals surface area contributed by atoms with Gasteiger partial charge in [-0.3, -0.25) is 4.79 Å². The topological polar surface area (TPSA) is 46.5 Å². The van der Waals surface area contributed by atoms with Crippen molar-refractivity contribution in [3.05, 3.63) is 0 Å². The van der Waals surface area contributed by atoms with Crippen molar-refractivity contribution in [3.63, 3.8) is 0 Å². The lowest BCUT2D eigenvalue weighted by atomic mass is 9.62. The van der Waals surface area contributed by atoms with Gasteiger partial charge in [0.15, 0.2) is 14.1 Å². The van der Waals surface area contributed by atoms with Gasteiger partial charge in [0.25, 0.3) is 0 Å². The van der Waals surface area contributed by atoms with Crippen LogP contribution in [-0.2, 0) is 9.22 Å². The van der Waals surface area contributed by atoms with E-state index in [4.69, 9.17) is 4.43 Å². The van der Waals surface area contributed by atoms with E-state index in [1.165, 1.54) is 6.42 Å². The highest BCUT2D eigenvalue weighted by atomic mass is 79.9. The van der Waals surface area contributed by atoms with Crippen LogP contribution < -0.4 is 0 Å². The number of aliphatic hydroxyl groups is 1. The fraction of sp³-hybridized carbons (Fsp3) is 0.944. The summed E-state index contributed by atoms with van der Waals surface area (Å²) in [4.78, 5) is 13.0. The summed E-state index contributed by atoms with van der Waals surface area (Å²) < 4.78 is 6.68. The standard InChI is InChI=1S/C18H33BrO3Si/c1-8-13(20)14(19)15(21)18(22-23(5,6)7)11-12-9-10-17(18,4)16(12,2)3/h12-14,20H,8-11H2,1-7H3/t12-,13+,14-,17-,18+/m1/s1. The maximum absolute atomic E-state index is 13.5. The largest absolute Gasteiger partial charge is 0.404 e. The quantitative estimate of drug-likeness (QED) is 0.522. The van der Waals surface area contributed by atoms with Gasteiger partial charge in [0.1, 0.15) is 10.4 Å². The summed E-state index contributed by atoms with van der Waals surface area (Å²) in [5.41, 5.74) is -0.831. The summed E-state index contributed by atoms with van der Waals surface area (Å²) in [7, 11) is -1.92. The van der Waals surface area contributed by atoms with Crippen molar-refractivity contribution in [3.8, 4) is 0 Å². The lowest BCUT2D eigenvalue weighted by Crippen LogP contribution is -2.61. The zero-order valence-corrected chi connectivity index (χ0v) is 18.3. The fourth-order valence-electron chi connectivity index (χ4n) is 4.95. The zero-order chi connectivity index (χ0) is 17.8. The van der Waals surface area contributed by atoms with Crippen LogP contribution in [0.15, 0.2) is 0 Å². The van der Waals surface area contributed by atoms with E-state index in [0.717, 1.165) is 12.8 Å². The molecule has 0 aromatic heterocycles. The number of aliphatic hydroxyl groups excluding tert-OH is 1. The monoisotopic (exact) mass is 404 g/mol. The van der Waals surface area contributed by atoms with Gasteiger partial charge in [0, 0.05) is 5.41 Å². The number of hydrogen-bond acceptors (Lipinski definition) is 3. The van der Waals surface area contributed by atoms with Crippen molar-refractivity contribution < 1.29 is 14.3 Å². The summed E-state index contributed by atoms with van der Waals surface area (Å²) >= 11 is 3.49. The number of rotatable bonds is 6. The molecule has 5 heteroatoms. The lowest BCUT2D eigenvalue weighted by Gasteiger charge is -2.51. The Labute approximate surface area is 150 Å². The lowest BCUT2D eigenvalue weighted by molar-refractivity contribution is -0.152. The van der Waals surface area contributed by atoms with E-state index >= 15 is 0 Å². The van der Waals surface area contributed by atoms with Crippen molar-refractivity contribution in [2.24, 2.45) is 16.7 Å². The summed E-state index contributed by atoms with van der Waals surface area (Å²) in [5, 5.41) is 10.2. The van der Waals surface area contributed by atoms with Gasteiger partial charge < -0.3 is 9.53 Å². The molecule has 23 heavy (non-hydrogen) atoms. The van der Waals surface area contributed by atoms with Gasteiger partial charge in [0.2, 0.25) is 0 Å². The van der Waals surface area contributed by atoms with Crippen LogP contribution in [0.1, 0.15) is 53.4 Å². The van der Waals surface area contributed by atoms with Crippen molar-refractivity contribution in [2.45, 2.75) is 89.6 Å². The Morgan fingerprint density at radius 2 is 1.91 bits per heavy atom. The predicted octanol–water partition coefficient (Wildman–Crippen LogP) is 4.53. The first-order valence-electron chi connectivity index (χ1n) is 8.89. The second-order valence-electron chi connectivity index (χ2n) is 9.28. The number of carbonyl (C=O) groups excluding carboxylic acids is 1. The second kappa shape index (κ2) is 5.92. The highest BCUT2D eigenvalue weighted by Gasteiger charge is 2.73. The average Bonchev–Trinajstić information content (AvgIpc) is 2.75. The molecular formula is C18H33BrO3Si. The molecule has 0 aromatic rings. The third-order valence-corrected chi connectivity index (χ3v) is 8.73. The normalized spacial score (nSPS) is 38.6. The van der Waals surface area contributed by atoms with Gasteiger partial charge in [-0.25, -0.2) is 0 Å². The minimum Gasteiger partial charge on any atom is -0.404 e. The smallest absolute Gasteiger partial charge is 0.185 e. The number of ketones is 1. The van der Waals surface area contributed by atoms with Crippen molar-refractivity contribution in [2.75, 3.05) is 0 Å². The molecule has 2 aliphatic rings. The number of Topliss-reactive ketones (excluding diaryl/α,β-unsaturated/α-hetero) is 1. The van der Waals surface area contributed by atoms with E-state index < -0.39 is 24.8 Å². The van der Waals surface area contributed by atoms with Crippen molar-refractivity contribution in [1.82, 2.24) is 0 Å². The van der Waals surface area contributed by atoms with E-state index in [1.807, 2.05) is 6.92 Å². The van der Waals surface area contributed by atoms with Crippen molar-refractivity contribution in [1.29, 1.82) is 0 Å². The molecule has 0 radical (unpaired) electrons. The third-order valence-electron chi connectivity index (χ3n) is 6.75. The highest BCUT2D eigenvalue weighted by molar-refractivity contribution is 9.10. The molecule has 2 rings (SSSR count). The molecule has 0 aliphatic heterocycles. The molecule has 0 heterocycles. The van der Waals surface area contributed by atoms with Crippen LogP contribution in [0.4, 0.5) is 0 Å². The molecule has 134 valence electrons. The maximum atomic E-state index is 13.5. The summed E-state index contributed by atoms with van der Waals surface area (Å²) in [6.45, 7) is 15.2. The Kier molecular flexibility index (Phi) is 5.05. The number of hydrogen-bond donors (Lipinski definition) is 1. The minimum atomic E-state index is -1.92. The maximum Gasteiger partial charge on any atom is 0.185 e. The molecule has 0 aromatic carbocycles. The molecular weight excluding hydrogens is 372 g/mol. The average molecular weight is 405 g/mol. The third kappa shape index (κ3) is 2.79. The van der Waals surface area contributed by atoms with Gasteiger partial charge in [0.05, 0.1) is 6.10 Å². The molecule has 0 amide bonds. The first-order valence-corrected chi connectivity index (χ1v) is 13.2. The molecule has 2 aliphatic carbocycles. The van der Waals surface area contributed by atoms with Crippen LogP contribution in [0, 0.1) is 16.7 Å². The molecule has 2 bridgehead atoms. The fourth-order valence-corrected chi connectivity index (χ4v) is 7.15. The highest BCUT2D eigenvalue weighted by Crippen LogP contribution is 2.71. The Morgan fingerprint density at radius 1 is 1.35 bits per heavy atom. The minimum absolute atomic E-state index is 0.0621. The Morgan fingerprint density at radius 3 is 2.26 bits per heavy atom. The molecule has 2 fully saturated rings. The summed E-state index contributed by atoms with van der Waals surface area (Å²) in [6.07, 6.45) is 2.92. The Balaban J connectivity index is 2.50. The van der Waals surface area contributed by atoms with Crippen LogP contribution >= 0.6 is 15.9 Å². The van der Waals surface area contributed by atoms with Gasteiger partial charge in [-0.05, 0) is 56.7 Å². The van der Waals surface area contributed by atoms with Crippen LogP contribution in [0.3, 0.4) is 0 Å². The van der Waals surface area contributed by atoms with Crippen LogP contribution in [0.2, 0.25) is 19.6 Å². The van der Waals surface area contributed by atoms with Gasteiger partial charge in [-0.1, -0.05) is 43.6 Å². The summed E-state index contributed by atoms with van der Waals surface area (Å²) in [6, 6.07) is 0. The van der Waals surface area contributed by atoms with E-state index in [2.05, 4.69) is 56.3 Å². The van der Waals surface area contributed by atoms with Crippen LogP contribution in [-0.4, -0.2) is 35.7 Å². The van der Waals surface area contributed by atoms with Crippen molar-refractivity contribution >= 4 is 30.0 Å². The van der Waals surface area contributed by atoms with E-state index in [1.54, 1.807) is 0 Å². The Bertz CT molecular complexity index is 487. The molecule has 0 saturated heterocycles. The molecule has 0 spiro atoms. The molecule has 5 atom stereocenters. The van der Waals surface area contributed by atoms with Gasteiger partial charge in [-0.2, -0.15) is 0 Å².